The number of carbonyl (C=O) groups is 2. The molecule has 2 heterocycles. The minimum absolute atomic E-state index is 0.149. The van der Waals surface area contributed by atoms with Crippen molar-refractivity contribution in [1.82, 2.24) is 14.9 Å². The minimum Gasteiger partial charge on any atom is -0.481 e. The molecule has 124 valence electrons. The standard InChI is InChI=1S/C17H18N4O3/c22-16(21-8-2-4-13(11-21)17(23)24)12-3-1-5-14(9-12)20-15-10-18-6-7-19-15/h1,3,5-7,9-10,13H,2,4,8,11H2,(H,19,20)(H,23,24)/t13-/m0/s1. The van der Waals surface area contributed by atoms with Crippen LogP contribution in [-0.2, 0) is 4.79 Å². The fourth-order valence-electron chi connectivity index (χ4n) is 2.79. The molecule has 2 aromatic rings. The molecule has 1 atom stereocenters. The third kappa shape index (κ3) is 3.68. The molecule has 1 aliphatic rings. The number of aliphatic carboxylic acids is 1. The molecule has 1 aromatic heterocycles. The number of nitrogens with zero attached hydrogens (tertiary/aromatic N) is 3. The van der Waals surface area contributed by atoms with Gasteiger partial charge >= 0.3 is 5.97 Å². The van der Waals surface area contributed by atoms with Crippen LogP contribution in [0.1, 0.15) is 23.2 Å². The van der Waals surface area contributed by atoms with Gasteiger partial charge in [-0.15, -0.1) is 0 Å². The van der Waals surface area contributed by atoms with Crippen molar-refractivity contribution in [2.45, 2.75) is 12.8 Å². The van der Waals surface area contributed by atoms with E-state index in [-0.39, 0.29) is 12.5 Å². The molecule has 0 unspecified atom stereocenters. The van der Waals surface area contributed by atoms with Crippen LogP contribution in [0.25, 0.3) is 0 Å². The number of likely N-dealkylation sites (tertiary alicyclic amines) is 1. The quantitative estimate of drug-likeness (QED) is 0.894. The number of carboxylic acid groups (broad SMARTS) is 1. The molecule has 24 heavy (non-hydrogen) atoms. The van der Waals surface area contributed by atoms with Gasteiger partial charge in [0.25, 0.3) is 5.91 Å². The summed E-state index contributed by atoms with van der Waals surface area (Å²) in [5.41, 5.74) is 1.25. The third-order valence-electron chi connectivity index (χ3n) is 4.00. The van der Waals surface area contributed by atoms with Gasteiger partial charge in [0.1, 0.15) is 5.82 Å². The van der Waals surface area contributed by atoms with Crippen molar-refractivity contribution in [3.05, 3.63) is 48.4 Å². The molecule has 0 bridgehead atoms. The predicted molar refractivity (Wildman–Crippen MR) is 88.0 cm³/mol. The van der Waals surface area contributed by atoms with E-state index in [1.54, 1.807) is 41.7 Å². The third-order valence-corrected chi connectivity index (χ3v) is 4.00. The Morgan fingerprint density at radius 2 is 2.17 bits per heavy atom. The van der Waals surface area contributed by atoms with Gasteiger partial charge in [0.2, 0.25) is 0 Å². The number of nitrogens with one attached hydrogen (secondary N) is 1. The number of piperidine rings is 1. The van der Waals surface area contributed by atoms with Crippen molar-refractivity contribution in [1.29, 1.82) is 0 Å². The number of anilines is 2. The first-order chi connectivity index (χ1) is 11.6. The number of carbonyl (C=O) groups excluding carboxylic acids is 1. The van der Waals surface area contributed by atoms with Crippen LogP contribution >= 0.6 is 0 Å². The summed E-state index contributed by atoms with van der Waals surface area (Å²) >= 11 is 0. The molecular weight excluding hydrogens is 308 g/mol. The van der Waals surface area contributed by atoms with Crippen LogP contribution in [-0.4, -0.2) is 44.9 Å². The van der Waals surface area contributed by atoms with Crippen LogP contribution in [0.2, 0.25) is 0 Å². The molecular formula is C17H18N4O3. The van der Waals surface area contributed by atoms with Crippen LogP contribution in [0.15, 0.2) is 42.9 Å². The zero-order chi connectivity index (χ0) is 16.9. The molecule has 1 fully saturated rings. The Morgan fingerprint density at radius 1 is 1.29 bits per heavy atom. The number of benzene rings is 1. The molecule has 0 aliphatic carbocycles. The van der Waals surface area contributed by atoms with E-state index in [1.165, 1.54) is 0 Å². The van der Waals surface area contributed by atoms with E-state index >= 15 is 0 Å². The predicted octanol–water partition coefficient (Wildman–Crippen LogP) is 2.16. The highest BCUT2D eigenvalue weighted by Crippen LogP contribution is 2.21. The van der Waals surface area contributed by atoms with Gasteiger partial charge in [-0.3, -0.25) is 14.6 Å². The second-order valence-electron chi connectivity index (χ2n) is 5.73. The van der Waals surface area contributed by atoms with Gasteiger partial charge < -0.3 is 15.3 Å². The van der Waals surface area contributed by atoms with Gasteiger partial charge in [-0.2, -0.15) is 0 Å². The van der Waals surface area contributed by atoms with E-state index < -0.39 is 11.9 Å². The molecule has 1 amide bonds. The van der Waals surface area contributed by atoms with E-state index in [1.807, 2.05) is 6.07 Å². The van der Waals surface area contributed by atoms with Crippen LogP contribution in [0.5, 0.6) is 0 Å². The highest BCUT2D eigenvalue weighted by atomic mass is 16.4. The van der Waals surface area contributed by atoms with Gasteiger partial charge in [0.05, 0.1) is 12.1 Å². The first kappa shape index (κ1) is 15.9. The Kier molecular flexibility index (Phi) is 4.69. The van der Waals surface area contributed by atoms with Crippen molar-refractivity contribution in [2.75, 3.05) is 18.4 Å². The van der Waals surface area contributed by atoms with Crippen molar-refractivity contribution in [3.8, 4) is 0 Å². The largest absolute Gasteiger partial charge is 0.481 e. The summed E-state index contributed by atoms with van der Waals surface area (Å²) in [5.74, 6) is -0.885. The Labute approximate surface area is 139 Å². The number of carboxylic acids is 1. The van der Waals surface area contributed by atoms with Gasteiger partial charge in [0.15, 0.2) is 0 Å². The number of hydrogen-bond donors (Lipinski definition) is 2. The lowest BCUT2D eigenvalue weighted by atomic mass is 9.97. The second-order valence-corrected chi connectivity index (χ2v) is 5.73. The first-order valence-electron chi connectivity index (χ1n) is 7.78. The van der Waals surface area contributed by atoms with Gasteiger partial charge in [-0.05, 0) is 31.0 Å². The highest BCUT2D eigenvalue weighted by Gasteiger charge is 2.28. The SMILES string of the molecule is O=C(O)[C@H]1CCCN(C(=O)c2cccc(Nc3cnccn3)c2)C1. The van der Waals surface area contributed by atoms with Gasteiger partial charge in [-0.1, -0.05) is 6.07 Å². The van der Waals surface area contributed by atoms with Crippen LogP contribution in [0, 0.1) is 5.92 Å². The summed E-state index contributed by atoms with van der Waals surface area (Å²) in [6, 6.07) is 7.09. The van der Waals surface area contributed by atoms with E-state index in [9.17, 15) is 9.59 Å². The topological polar surface area (TPSA) is 95.4 Å². The summed E-state index contributed by atoms with van der Waals surface area (Å²) < 4.78 is 0. The maximum atomic E-state index is 12.6. The summed E-state index contributed by atoms with van der Waals surface area (Å²) in [5, 5.41) is 12.2. The molecule has 0 spiro atoms. The van der Waals surface area contributed by atoms with E-state index in [2.05, 4.69) is 15.3 Å². The maximum absolute atomic E-state index is 12.6. The van der Waals surface area contributed by atoms with Gasteiger partial charge in [-0.25, -0.2) is 4.98 Å². The van der Waals surface area contributed by atoms with E-state index in [0.717, 1.165) is 5.69 Å². The van der Waals surface area contributed by atoms with E-state index in [4.69, 9.17) is 5.11 Å². The highest BCUT2D eigenvalue weighted by molar-refractivity contribution is 5.95. The van der Waals surface area contributed by atoms with Crippen LogP contribution < -0.4 is 5.32 Å². The maximum Gasteiger partial charge on any atom is 0.308 e. The molecule has 0 radical (unpaired) electrons. The summed E-state index contributed by atoms with van der Waals surface area (Å²) in [7, 11) is 0. The zero-order valence-electron chi connectivity index (χ0n) is 13.1. The van der Waals surface area contributed by atoms with Gasteiger partial charge in [0, 0.05) is 36.7 Å². The minimum atomic E-state index is -0.842. The normalized spacial score (nSPS) is 17.3. The zero-order valence-corrected chi connectivity index (χ0v) is 13.1. The average molecular weight is 326 g/mol. The Balaban J connectivity index is 1.73. The molecule has 7 heteroatoms. The molecule has 3 rings (SSSR count). The van der Waals surface area contributed by atoms with Crippen LogP contribution in [0.3, 0.4) is 0 Å². The smallest absolute Gasteiger partial charge is 0.308 e. The lowest BCUT2D eigenvalue weighted by Crippen LogP contribution is -2.42. The van der Waals surface area contributed by atoms with Crippen molar-refractivity contribution in [3.63, 3.8) is 0 Å². The average Bonchev–Trinajstić information content (AvgIpc) is 2.62. The van der Waals surface area contributed by atoms with E-state index in [0.29, 0.717) is 30.8 Å². The Morgan fingerprint density at radius 3 is 2.92 bits per heavy atom. The number of rotatable bonds is 4. The molecule has 1 aromatic carbocycles. The second kappa shape index (κ2) is 7.08. The lowest BCUT2D eigenvalue weighted by Gasteiger charge is -2.30. The molecule has 1 aliphatic heterocycles. The molecule has 1 saturated heterocycles. The first-order valence-corrected chi connectivity index (χ1v) is 7.78. The number of amides is 1. The molecule has 2 N–H and O–H groups in total. The van der Waals surface area contributed by atoms with Crippen molar-refractivity contribution < 1.29 is 14.7 Å². The fourth-order valence-corrected chi connectivity index (χ4v) is 2.79. The fraction of sp³-hybridized carbons (Fsp3) is 0.294. The monoisotopic (exact) mass is 326 g/mol. The lowest BCUT2D eigenvalue weighted by molar-refractivity contribution is -0.143. The summed E-state index contributed by atoms with van der Waals surface area (Å²) in [6.07, 6.45) is 6.09. The summed E-state index contributed by atoms with van der Waals surface area (Å²) in [6.45, 7) is 0.848. The Hall–Kier alpha value is -2.96. The molecule has 7 nitrogen and oxygen atoms in total. The number of aromatic nitrogens is 2. The Bertz CT molecular complexity index is 736. The summed E-state index contributed by atoms with van der Waals surface area (Å²) in [4.78, 5) is 33.5. The van der Waals surface area contributed by atoms with Crippen molar-refractivity contribution >= 4 is 23.4 Å². The van der Waals surface area contributed by atoms with Crippen LogP contribution in [0.4, 0.5) is 11.5 Å². The van der Waals surface area contributed by atoms with Crippen molar-refractivity contribution in [2.24, 2.45) is 5.92 Å². The number of hydrogen-bond acceptors (Lipinski definition) is 5. The molecule has 0 saturated carbocycles.